The average molecular weight is 263 g/mol. The summed E-state index contributed by atoms with van der Waals surface area (Å²) in [6.07, 6.45) is 5.73. The fourth-order valence-electron chi connectivity index (χ4n) is 2.21. The Bertz CT molecular complexity index is 783. The van der Waals surface area contributed by atoms with Crippen molar-refractivity contribution in [2.45, 2.75) is 19.9 Å². The molecule has 0 atom stereocenters. The van der Waals surface area contributed by atoms with Gasteiger partial charge < -0.3 is 4.57 Å². The van der Waals surface area contributed by atoms with E-state index in [-0.39, 0.29) is 0 Å². The Balaban J connectivity index is 2.22. The highest BCUT2D eigenvalue weighted by atomic mass is 15.1. The Labute approximate surface area is 116 Å². The van der Waals surface area contributed by atoms with Gasteiger partial charge in [-0.3, -0.25) is 4.98 Å². The first-order chi connectivity index (χ1) is 9.79. The van der Waals surface area contributed by atoms with Crippen LogP contribution < -0.4 is 0 Å². The summed E-state index contributed by atoms with van der Waals surface area (Å²) in [5, 5.41) is 8.83. The molecule has 0 N–H and O–H groups in total. The second kappa shape index (κ2) is 5.10. The highest BCUT2D eigenvalue weighted by Crippen LogP contribution is 2.23. The van der Waals surface area contributed by atoms with Gasteiger partial charge in [0.25, 0.3) is 0 Å². The van der Waals surface area contributed by atoms with Crippen LogP contribution in [0.4, 0.5) is 0 Å². The molecule has 0 spiro atoms. The third kappa shape index (κ3) is 2.12. The van der Waals surface area contributed by atoms with Crippen LogP contribution >= 0.6 is 0 Å². The number of aryl methyl sites for hydroxylation is 2. The molecule has 0 aliphatic carbocycles. The van der Waals surface area contributed by atoms with Crippen LogP contribution in [0.5, 0.6) is 0 Å². The molecule has 0 amide bonds. The quantitative estimate of drug-likeness (QED) is 0.728. The second-order valence-electron chi connectivity index (χ2n) is 4.59. The maximum absolute atomic E-state index is 8.83. The lowest BCUT2D eigenvalue weighted by molar-refractivity contribution is 0.737. The minimum absolute atomic E-state index is 0.430. The largest absolute Gasteiger partial charge is 0.308 e. The number of hydrogen-bond acceptors (Lipinski definition) is 4. The lowest BCUT2D eigenvalue weighted by Crippen LogP contribution is -2.01. The molecule has 5 heteroatoms. The van der Waals surface area contributed by atoms with Gasteiger partial charge in [0.15, 0.2) is 5.65 Å². The highest BCUT2D eigenvalue weighted by Gasteiger charge is 2.13. The summed E-state index contributed by atoms with van der Waals surface area (Å²) in [4.78, 5) is 13.1. The molecule has 3 heterocycles. The van der Waals surface area contributed by atoms with Crippen molar-refractivity contribution in [3.63, 3.8) is 0 Å². The van der Waals surface area contributed by atoms with Gasteiger partial charge in [-0.05, 0) is 30.7 Å². The summed E-state index contributed by atoms with van der Waals surface area (Å²) in [6.45, 7) is 2.58. The van der Waals surface area contributed by atoms with Gasteiger partial charge in [-0.25, -0.2) is 9.97 Å². The summed E-state index contributed by atoms with van der Waals surface area (Å²) in [6, 6.07) is 8.01. The standard InChI is InChI=1S/C15H13N5/c1-11-9-13-15(18-10-11)20(8-2-5-16)14(19-13)12-3-6-17-7-4-12/h3-4,6-7,9-10H,2,8H2,1H3. The molecule has 20 heavy (non-hydrogen) atoms. The molecule has 3 rings (SSSR count). The number of fused-ring (bicyclic) bond motifs is 1. The first kappa shape index (κ1) is 12.3. The number of nitrogens with zero attached hydrogens (tertiary/aromatic N) is 5. The fraction of sp³-hybridized carbons (Fsp3) is 0.200. The number of nitriles is 1. The predicted molar refractivity (Wildman–Crippen MR) is 75.7 cm³/mol. The Morgan fingerprint density at radius 3 is 2.85 bits per heavy atom. The van der Waals surface area contributed by atoms with E-state index in [2.05, 4.69) is 21.0 Å². The van der Waals surface area contributed by atoms with Gasteiger partial charge in [-0.2, -0.15) is 5.26 Å². The van der Waals surface area contributed by atoms with E-state index in [1.165, 1.54) is 0 Å². The number of rotatable bonds is 3. The molecule has 3 aromatic heterocycles. The Morgan fingerprint density at radius 1 is 1.30 bits per heavy atom. The molecule has 0 fully saturated rings. The second-order valence-corrected chi connectivity index (χ2v) is 4.59. The summed E-state index contributed by atoms with van der Waals surface area (Å²) >= 11 is 0. The number of imidazole rings is 1. The molecular weight excluding hydrogens is 250 g/mol. The van der Waals surface area contributed by atoms with E-state index in [1.54, 1.807) is 12.4 Å². The first-order valence-corrected chi connectivity index (χ1v) is 6.40. The van der Waals surface area contributed by atoms with Crippen molar-refractivity contribution in [2.75, 3.05) is 0 Å². The molecule has 0 aliphatic rings. The van der Waals surface area contributed by atoms with E-state index in [0.29, 0.717) is 13.0 Å². The zero-order chi connectivity index (χ0) is 13.9. The summed E-state index contributed by atoms with van der Waals surface area (Å²) < 4.78 is 1.99. The van der Waals surface area contributed by atoms with Gasteiger partial charge in [0.1, 0.15) is 11.3 Å². The van der Waals surface area contributed by atoms with E-state index < -0.39 is 0 Å². The lowest BCUT2D eigenvalue weighted by atomic mass is 10.2. The molecule has 0 unspecified atom stereocenters. The maximum Gasteiger partial charge on any atom is 0.160 e. The summed E-state index contributed by atoms with van der Waals surface area (Å²) in [5.74, 6) is 0.829. The first-order valence-electron chi connectivity index (χ1n) is 6.40. The normalized spacial score (nSPS) is 10.6. The van der Waals surface area contributed by atoms with Gasteiger partial charge in [0.05, 0.1) is 12.5 Å². The summed E-state index contributed by atoms with van der Waals surface area (Å²) in [5.41, 5.74) is 3.73. The van der Waals surface area contributed by atoms with Gasteiger partial charge in [0.2, 0.25) is 0 Å². The van der Waals surface area contributed by atoms with Crippen LogP contribution in [0.1, 0.15) is 12.0 Å². The molecule has 5 nitrogen and oxygen atoms in total. The molecule has 0 bridgehead atoms. The molecule has 0 aliphatic heterocycles. The van der Waals surface area contributed by atoms with Crippen LogP contribution in [0, 0.1) is 18.3 Å². The maximum atomic E-state index is 8.83. The van der Waals surface area contributed by atoms with Crippen molar-refractivity contribution in [1.82, 2.24) is 19.5 Å². The smallest absolute Gasteiger partial charge is 0.160 e. The molecule has 0 radical (unpaired) electrons. The van der Waals surface area contributed by atoms with Crippen LogP contribution in [-0.4, -0.2) is 19.5 Å². The van der Waals surface area contributed by atoms with Crippen LogP contribution in [-0.2, 0) is 6.54 Å². The Hall–Kier alpha value is -2.74. The van der Waals surface area contributed by atoms with Crippen molar-refractivity contribution in [1.29, 1.82) is 5.26 Å². The van der Waals surface area contributed by atoms with E-state index in [0.717, 1.165) is 28.1 Å². The predicted octanol–water partition coefficient (Wildman–Crippen LogP) is 2.72. The number of aromatic nitrogens is 4. The molecule has 3 aromatic rings. The van der Waals surface area contributed by atoms with Crippen molar-refractivity contribution < 1.29 is 0 Å². The van der Waals surface area contributed by atoms with Gasteiger partial charge in [-0.1, -0.05) is 0 Å². The van der Waals surface area contributed by atoms with Crippen LogP contribution in [0.25, 0.3) is 22.6 Å². The lowest BCUT2D eigenvalue weighted by Gasteiger charge is -2.06. The van der Waals surface area contributed by atoms with E-state index in [9.17, 15) is 0 Å². The summed E-state index contributed by atoms with van der Waals surface area (Å²) in [7, 11) is 0. The zero-order valence-electron chi connectivity index (χ0n) is 11.1. The van der Waals surface area contributed by atoms with Crippen LogP contribution in [0.3, 0.4) is 0 Å². The minimum Gasteiger partial charge on any atom is -0.308 e. The van der Waals surface area contributed by atoms with Gasteiger partial charge >= 0.3 is 0 Å². The van der Waals surface area contributed by atoms with Gasteiger partial charge in [0, 0.05) is 30.7 Å². The Morgan fingerprint density at radius 2 is 2.10 bits per heavy atom. The van der Waals surface area contributed by atoms with Crippen molar-refractivity contribution in [3.05, 3.63) is 42.4 Å². The van der Waals surface area contributed by atoms with E-state index in [4.69, 9.17) is 5.26 Å². The van der Waals surface area contributed by atoms with Crippen LogP contribution in [0.2, 0.25) is 0 Å². The van der Waals surface area contributed by atoms with Crippen molar-refractivity contribution >= 4 is 11.2 Å². The fourth-order valence-corrected chi connectivity index (χ4v) is 2.21. The molecule has 0 saturated carbocycles. The number of pyridine rings is 2. The highest BCUT2D eigenvalue weighted by molar-refractivity contribution is 5.77. The molecule has 0 saturated heterocycles. The molecular formula is C15H13N5. The van der Waals surface area contributed by atoms with Crippen LogP contribution in [0.15, 0.2) is 36.8 Å². The topological polar surface area (TPSA) is 67.4 Å². The third-order valence-electron chi connectivity index (χ3n) is 3.11. The van der Waals surface area contributed by atoms with Crippen molar-refractivity contribution in [2.24, 2.45) is 0 Å². The molecule has 0 aromatic carbocycles. The van der Waals surface area contributed by atoms with Gasteiger partial charge in [-0.15, -0.1) is 0 Å². The third-order valence-corrected chi connectivity index (χ3v) is 3.11. The SMILES string of the molecule is Cc1cnc2c(c1)nc(-c1ccncc1)n2CCC#N. The minimum atomic E-state index is 0.430. The Kier molecular flexibility index (Phi) is 3.13. The monoisotopic (exact) mass is 263 g/mol. The van der Waals surface area contributed by atoms with E-state index >= 15 is 0 Å². The zero-order valence-corrected chi connectivity index (χ0v) is 11.1. The van der Waals surface area contributed by atoms with Crippen molar-refractivity contribution in [3.8, 4) is 17.5 Å². The average Bonchev–Trinajstić information content (AvgIpc) is 2.83. The van der Waals surface area contributed by atoms with E-state index in [1.807, 2.05) is 35.9 Å². The molecule has 98 valence electrons. The number of hydrogen-bond donors (Lipinski definition) is 0.